The minimum absolute atomic E-state index is 0.361. The molecule has 0 aliphatic heterocycles. The van der Waals surface area contributed by atoms with Crippen molar-refractivity contribution in [3.63, 3.8) is 0 Å². The van der Waals surface area contributed by atoms with Crippen molar-refractivity contribution in [2.24, 2.45) is 0 Å². The maximum Gasteiger partial charge on any atom is 0.174 e. The van der Waals surface area contributed by atoms with Gasteiger partial charge in [0, 0.05) is 11.8 Å². The van der Waals surface area contributed by atoms with Crippen molar-refractivity contribution in [2.45, 2.75) is 31.2 Å². The van der Waals surface area contributed by atoms with Gasteiger partial charge in [0.25, 0.3) is 0 Å². The Morgan fingerprint density at radius 1 is 1.37 bits per heavy atom. The van der Waals surface area contributed by atoms with E-state index in [-0.39, 0.29) is 0 Å². The van der Waals surface area contributed by atoms with Crippen LogP contribution in [0.5, 0.6) is 0 Å². The zero-order valence-electron chi connectivity index (χ0n) is 11.5. The Labute approximate surface area is 122 Å². The number of rotatable bonds is 6. The predicted molar refractivity (Wildman–Crippen MR) is 83.0 cm³/mol. The molecule has 0 aliphatic rings. The molecular formula is C14H19N3S2. The van der Waals surface area contributed by atoms with Gasteiger partial charge in [0.15, 0.2) is 4.34 Å². The van der Waals surface area contributed by atoms with Crippen LogP contribution in [0.15, 0.2) is 28.0 Å². The van der Waals surface area contributed by atoms with Crippen LogP contribution in [0.2, 0.25) is 0 Å². The van der Waals surface area contributed by atoms with Crippen molar-refractivity contribution in [3.05, 3.63) is 40.4 Å². The van der Waals surface area contributed by atoms with Gasteiger partial charge in [0.05, 0.1) is 0 Å². The van der Waals surface area contributed by atoms with E-state index in [1.807, 2.05) is 0 Å². The van der Waals surface area contributed by atoms with Crippen LogP contribution >= 0.6 is 23.1 Å². The second-order valence-electron chi connectivity index (χ2n) is 4.49. The monoisotopic (exact) mass is 293 g/mol. The van der Waals surface area contributed by atoms with E-state index in [2.05, 4.69) is 54.5 Å². The van der Waals surface area contributed by atoms with E-state index in [4.69, 9.17) is 0 Å². The molecule has 0 aliphatic carbocycles. The third-order valence-corrected chi connectivity index (χ3v) is 4.92. The minimum Gasteiger partial charge on any atom is -0.309 e. The lowest BCUT2D eigenvalue weighted by atomic mass is 10.0. The molecule has 2 rings (SSSR count). The van der Waals surface area contributed by atoms with Gasteiger partial charge in [0.1, 0.15) is 5.51 Å². The SMILES string of the molecule is CCNC(CSc1nncs1)c1ccc(C)cc1C. The van der Waals surface area contributed by atoms with Gasteiger partial charge in [-0.05, 0) is 31.5 Å². The Bertz CT molecular complexity index is 511. The zero-order chi connectivity index (χ0) is 13.7. The first-order valence-electron chi connectivity index (χ1n) is 6.40. The Morgan fingerprint density at radius 3 is 2.84 bits per heavy atom. The average molecular weight is 293 g/mol. The fraction of sp³-hybridized carbons (Fsp3) is 0.429. The molecule has 1 aromatic carbocycles. The number of nitrogens with one attached hydrogen (secondary N) is 1. The highest BCUT2D eigenvalue weighted by molar-refractivity contribution is 8.01. The lowest BCUT2D eigenvalue weighted by Crippen LogP contribution is -2.23. The summed E-state index contributed by atoms with van der Waals surface area (Å²) in [7, 11) is 0. The lowest BCUT2D eigenvalue weighted by molar-refractivity contribution is 0.603. The first-order chi connectivity index (χ1) is 9.20. The third-order valence-electron chi connectivity index (χ3n) is 2.96. The van der Waals surface area contributed by atoms with E-state index in [0.717, 1.165) is 16.6 Å². The van der Waals surface area contributed by atoms with Crippen LogP contribution in [-0.4, -0.2) is 22.5 Å². The topological polar surface area (TPSA) is 37.8 Å². The molecule has 0 saturated heterocycles. The summed E-state index contributed by atoms with van der Waals surface area (Å²) in [5.74, 6) is 0.979. The molecule has 5 heteroatoms. The molecule has 0 fully saturated rings. The van der Waals surface area contributed by atoms with Crippen molar-refractivity contribution in [1.82, 2.24) is 15.5 Å². The van der Waals surface area contributed by atoms with Crippen LogP contribution in [0.3, 0.4) is 0 Å². The number of thioether (sulfide) groups is 1. The number of aromatic nitrogens is 2. The van der Waals surface area contributed by atoms with E-state index in [9.17, 15) is 0 Å². The maximum atomic E-state index is 4.08. The highest BCUT2D eigenvalue weighted by Crippen LogP contribution is 2.27. The number of benzene rings is 1. The van der Waals surface area contributed by atoms with Crippen LogP contribution < -0.4 is 5.32 Å². The maximum absolute atomic E-state index is 4.08. The number of aryl methyl sites for hydroxylation is 2. The number of hydrogen-bond donors (Lipinski definition) is 1. The molecule has 0 radical (unpaired) electrons. The highest BCUT2D eigenvalue weighted by atomic mass is 32.2. The largest absolute Gasteiger partial charge is 0.309 e. The van der Waals surface area contributed by atoms with Crippen molar-refractivity contribution in [2.75, 3.05) is 12.3 Å². The van der Waals surface area contributed by atoms with Crippen LogP contribution in [0.25, 0.3) is 0 Å². The number of hydrogen-bond acceptors (Lipinski definition) is 5. The molecule has 3 nitrogen and oxygen atoms in total. The summed E-state index contributed by atoms with van der Waals surface area (Å²) in [5, 5.41) is 11.5. The zero-order valence-corrected chi connectivity index (χ0v) is 13.1. The number of nitrogens with zero attached hydrogens (tertiary/aromatic N) is 2. The van der Waals surface area contributed by atoms with Gasteiger partial charge in [0.2, 0.25) is 0 Å². The van der Waals surface area contributed by atoms with Crippen LogP contribution in [0.4, 0.5) is 0 Å². The van der Waals surface area contributed by atoms with Crippen molar-refractivity contribution in [1.29, 1.82) is 0 Å². The lowest BCUT2D eigenvalue weighted by Gasteiger charge is -2.20. The van der Waals surface area contributed by atoms with E-state index in [1.54, 1.807) is 28.6 Å². The Kier molecular flexibility index (Phi) is 5.36. The van der Waals surface area contributed by atoms with Gasteiger partial charge >= 0.3 is 0 Å². The molecule has 2 aromatic rings. The molecule has 1 N–H and O–H groups in total. The van der Waals surface area contributed by atoms with Crippen LogP contribution in [-0.2, 0) is 0 Å². The van der Waals surface area contributed by atoms with Gasteiger partial charge < -0.3 is 5.32 Å². The quantitative estimate of drug-likeness (QED) is 0.826. The van der Waals surface area contributed by atoms with Gasteiger partial charge in [-0.1, -0.05) is 53.8 Å². The summed E-state index contributed by atoms with van der Waals surface area (Å²) in [4.78, 5) is 0. The summed E-state index contributed by atoms with van der Waals surface area (Å²) >= 11 is 3.36. The molecule has 0 saturated carbocycles. The third kappa shape index (κ3) is 4.03. The predicted octanol–water partition coefficient (Wildman–Crippen LogP) is 3.60. The summed E-state index contributed by atoms with van der Waals surface area (Å²) < 4.78 is 1.03. The average Bonchev–Trinajstić information content (AvgIpc) is 2.88. The summed E-state index contributed by atoms with van der Waals surface area (Å²) in [6, 6.07) is 7.02. The Balaban J connectivity index is 2.10. The van der Waals surface area contributed by atoms with E-state index in [0.29, 0.717) is 6.04 Å². The molecule has 0 spiro atoms. The highest BCUT2D eigenvalue weighted by Gasteiger charge is 2.14. The van der Waals surface area contributed by atoms with Crippen molar-refractivity contribution < 1.29 is 0 Å². The Hall–Kier alpha value is -0.910. The van der Waals surface area contributed by atoms with E-state index in [1.165, 1.54) is 16.7 Å². The summed E-state index contributed by atoms with van der Waals surface area (Å²) in [5.41, 5.74) is 5.82. The van der Waals surface area contributed by atoms with E-state index >= 15 is 0 Å². The normalized spacial score (nSPS) is 12.6. The van der Waals surface area contributed by atoms with Gasteiger partial charge in [-0.25, -0.2) is 0 Å². The van der Waals surface area contributed by atoms with Crippen LogP contribution in [0.1, 0.15) is 29.7 Å². The van der Waals surface area contributed by atoms with Crippen molar-refractivity contribution >= 4 is 23.1 Å². The second kappa shape index (κ2) is 7.03. The summed E-state index contributed by atoms with van der Waals surface area (Å²) in [6.45, 7) is 7.43. The van der Waals surface area contributed by atoms with Crippen molar-refractivity contribution in [3.8, 4) is 0 Å². The molecule has 1 unspecified atom stereocenters. The molecule has 0 bridgehead atoms. The summed E-state index contributed by atoms with van der Waals surface area (Å²) in [6.07, 6.45) is 0. The molecule has 1 heterocycles. The standard InChI is InChI=1S/C14H19N3S2/c1-4-15-13(8-18-14-17-16-9-19-14)12-6-5-10(2)7-11(12)3/h5-7,9,13,15H,4,8H2,1-3H3. The fourth-order valence-corrected chi connectivity index (χ4v) is 3.70. The fourth-order valence-electron chi connectivity index (χ4n) is 2.10. The second-order valence-corrected chi connectivity index (χ2v) is 6.59. The van der Waals surface area contributed by atoms with Gasteiger partial charge in [-0.3, -0.25) is 0 Å². The first-order valence-corrected chi connectivity index (χ1v) is 8.26. The molecule has 19 heavy (non-hydrogen) atoms. The molecule has 102 valence electrons. The molecule has 1 aromatic heterocycles. The smallest absolute Gasteiger partial charge is 0.174 e. The molecule has 0 amide bonds. The Morgan fingerprint density at radius 2 is 2.21 bits per heavy atom. The first kappa shape index (κ1) is 14.5. The van der Waals surface area contributed by atoms with Gasteiger partial charge in [-0.15, -0.1) is 10.2 Å². The van der Waals surface area contributed by atoms with Crippen LogP contribution in [0, 0.1) is 13.8 Å². The molecular weight excluding hydrogens is 274 g/mol. The van der Waals surface area contributed by atoms with Gasteiger partial charge in [-0.2, -0.15) is 0 Å². The van der Waals surface area contributed by atoms with E-state index < -0.39 is 0 Å². The molecule has 1 atom stereocenters. The minimum atomic E-state index is 0.361.